The molecular formula is C57H100O6. The van der Waals surface area contributed by atoms with Crippen molar-refractivity contribution in [1.29, 1.82) is 0 Å². The molecule has 0 amide bonds. The molecule has 1 unspecified atom stereocenters. The van der Waals surface area contributed by atoms with Gasteiger partial charge < -0.3 is 14.2 Å². The molecule has 0 aliphatic carbocycles. The molecule has 0 aliphatic heterocycles. The second-order valence-electron chi connectivity index (χ2n) is 17.8. The van der Waals surface area contributed by atoms with Crippen LogP contribution >= 0.6 is 0 Å². The predicted octanol–water partition coefficient (Wildman–Crippen LogP) is 17.6. The monoisotopic (exact) mass is 881 g/mol. The Hall–Kier alpha value is -2.89. The topological polar surface area (TPSA) is 78.9 Å². The maximum atomic E-state index is 12.8. The number of rotatable bonds is 48. The van der Waals surface area contributed by atoms with Crippen molar-refractivity contribution in [2.75, 3.05) is 13.2 Å². The van der Waals surface area contributed by atoms with Crippen molar-refractivity contribution >= 4 is 17.9 Å². The molecule has 364 valence electrons. The zero-order valence-corrected chi connectivity index (χ0v) is 41.6. The Morgan fingerprint density at radius 3 is 1.00 bits per heavy atom. The first-order valence-corrected chi connectivity index (χ1v) is 26.8. The fourth-order valence-corrected chi connectivity index (χ4v) is 7.39. The van der Waals surface area contributed by atoms with Crippen molar-refractivity contribution in [1.82, 2.24) is 0 Å². The van der Waals surface area contributed by atoms with E-state index in [1.807, 2.05) is 0 Å². The molecular weight excluding hydrogens is 781 g/mol. The van der Waals surface area contributed by atoms with E-state index in [0.29, 0.717) is 19.3 Å². The van der Waals surface area contributed by atoms with Crippen LogP contribution in [0.25, 0.3) is 0 Å². The number of hydrogen-bond donors (Lipinski definition) is 0. The molecule has 0 aliphatic rings. The van der Waals surface area contributed by atoms with Gasteiger partial charge in [-0.05, 0) is 103 Å². The lowest BCUT2D eigenvalue weighted by molar-refractivity contribution is -0.167. The smallest absolute Gasteiger partial charge is 0.306 e. The van der Waals surface area contributed by atoms with E-state index in [9.17, 15) is 14.4 Å². The first-order valence-electron chi connectivity index (χ1n) is 26.8. The van der Waals surface area contributed by atoms with Gasteiger partial charge in [-0.3, -0.25) is 14.4 Å². The molecule has 0 rings (SSSR count). The summed E-state index contributed by atoms with van der Waals surface area (Å²) >= 11 is 0. The third-order valence-corrected chi connectivity index (χ3v) is 11.4. The minimum atomic E-state index is -0.783. The number of carbonyl (C=O) groups is 3. The lowest BCUT2D eigenvalue weighted by Gasteiger charge is -2.18. The van der Waals surface area contributed by atoms with Gasteiger partial charge in [-0.25, -0.2) is 0 Å². The van der Waals surface area contributed by atoms with Crippen LogP contribution < -0.4 is 0 Å². The summed E-state index contributed by atoms with van der Waals surface area (Å²) in [6, 6.07) is 0. The molecule has 0 spiro atoms. The average Bonchev–Trinajstić information content (AvgIpc) is 3.28. The number of unbranched alkanes of at least 4 members (excludes halogenated alkanes) is 27. The third kappa shape index (κ3) is 50.0. The summed E-state index contributed by atoms with van der Waals surface area (Å²) in [6.45, 7) is 6.52. The van der Waals surface area contributed by atoms with Crippen LogP contribution in [0.2, 0.25) is 0 Å². The Kier molecular flexibility index (Phi) is 49.4. The summed E-state index contributed by atoms with van der Waals surface area (Å²) in [4.78, 5) is 37.9. The van der Waals surface area contributed by atoms with Crippen LogP contribution in [0, 0.1) is 0 Å². The Balaban J connectivity index is 4.27. The van der Waals surface area contributed by atoms with Gasteiger partial charge in [0.1, 0.15) is 13.2 Å². The predicted molar refractivity (Wildman–Crippen MR) is 270 cm³/mol. The molecule has 6 nitrogen and oxygen atoms in total. The fourth-order valence-electron chi connectivity index (χ4n) is 7.39. The summed E-state index contributed by atoms with van der Waals surface area (Å²) in [5.74, 6) is -0.908. The highest BCUT2D eigenvalue weighted by Crippen LogP contribution is 2.14. The molecule has 6 heteroatoms. The van der Waals surface area contributed by atoms with Crippen LogP contribution in [0.3, 0.4) is 0 Å². The van der Waals surface area contributed by atoms with Gasteiger partial charge in [-0.15, -0.1) is 0 Å². The van der Waals surface area contributed by atoms with Gasteiger partial charge in [-0.1, -0.05) is 204 Å². The molecule has 0 fully saturated rings. The van der Waals surface area contributed by atoms with Crippen molar-refractivity contribution < 1.29 is 28.6 Å². The Morgan fingerprint density at radius 1 is 0.317 bits per heavy atom. The van der Waals surface area contributed by atoms with Gasteiger partial charge >= 0.3 is 17.9 Å². The highest BCUT2D eigenvalue weighted by atomic mass is 16.6. The van der Waals surface area contributed by atoms with Gasteiger partial charge in [0, 0.05) is 19.3 Å². The molecule has 0 radical (unpaired) electrons. The molecule has 0 bridgehead atoms. The van der Waals surface area contributed by atoms with Crippen molar-refractivity contribution in [2.45, 2.75) is 271 Å². The normalized spacial score (nSPS) is 12.5. The summed E-state index contributed by atoms with van der Waals surface area (Å²) in [6.07, 6.45) is 63.6. The first kappa shape index (κ1) is 60.1. The SMILES string of the molecule is CCC/C=C\CCCCCCCC(=O)OCC(COC(=O)CCCCCCCCCC/C=C\C/C=C\C/C=C\CCCCCCC)OC(=O)CCCCCCC/C=C\CCCCC. The van der Waals surface area contributed by atoms with E-state index in [2.05, 4.69) is 81.5 Å². The van der Waals surface area contributed by atoms with Gasteiger partial charge in [0.15, 0.2) is 6.10 Å². The average molecular weight is 881 g/mol. The summed E-state index contributed by atoms with van der Waals surface area (Å²) in [7, 11) is 0. The van der Waals surface area contributed by atoms with Crippen LogP contribution in [-0.2, 0) is 28.6 Å². The summed E-state index contributed by atoms with van der Waals surface area (Å²) in [5.41, 5.74) is 0. The zero-order chi connectivity index (χ0) is 45.8. The van der Waals surface area contributed by atoms with Crippen LogP contribution in [0.1, 0.15) is 265 Å². The molecule has 0 heterocycles. The van der Waals surface area contributed by atoms with Gasteiger partial charge in [0.2, 0.25) is 0 Å². The summed E-state index contributed by atoms with van der Waals surface area (Å²) < 4.78 is 16.8. The minimum absolute atomic E-state index is 0.0840. The van der Waals surface area contributed by atoms with E-state index in [4.69, 9.17) is 14.2 Å². The maximum Gasteiger partial charge on any atom is 0.306 e. The van der Waals surface area contributed by atoms with Crippen LogP contribution in [0.15, 0.2) is 60.8 Å². The van der Waals surface area contributed by atoms with Crippen molar-refractivity contribution in [2.24, 2.45) is 0 Å². The van der Waals surface area contributed by atoms with Gasteiger partial charge in [0.05, 0.1) is 0 Å². The van der Waals surface area contributed by atoms with Gasteiger partial charge in [0.25, 0.3) is 0 Å². The number of esters is 3. The van der Waals surface area contributed by atoms with Crippen molar-refractivity contribution in [3.8, 4) is 0 Å². The number of carbonyl (C=O) groups excluding carboxylic acids is 3. The number of allylic oxidation sites excluding steroid dienone is 10. The second kappa shape index (κ2) is 51.7. The van der Waals surface area contributed by atoms with E-state index in [1.54, 1.807) is 0 Å². The quantitative estimate of drug-likeness (QED) is 0.0262. The van der Waals surface area contributed by atoms with Gasteiger partial charge in [-0.2, -0.15) is 0 Å². The van der Waals surface area contributed by atoms with E-state index in [1.165, 1.54) is 122 Å². The van der Waals surface area contributed by atoms with E-state index in [-0.39, 0.29) is 31.1 Å². The fraction of sp³-hybridized carbons (Fsp3) is 0.772. The number of hydrogen-bond acceptors (Lipinski definition) is 6. The van der Waals surface area contributed by atoms with E-state index in [0.717, 1.165) is 103 Å². The standard InChI is InChI=1S/C57H100O6/c1-4-7-10-13-16-19-22-24-25-26-27-28-29-30-31-32-33-34-36-38-41-44-47-50-56(59)62-53-54(52-61-55(58)49-46-43-40-37-21-18-15-12-9-6-3)63-57(60)51-48-45-42-39-35-23-20-17-14-11-8-5-2/h12,15,17,20,22,24,26-27,29-30,54H,4-11,13-14,16,18-19,21,23,25,28,31-53H2,1-3H3/b15-12-,20-17-,24-22-,27-26-,30-29-. The molecule has 0 saturated heterocycles. The Labute approximate surface area is 390 Å². The van der Waals surface area contributed by atoms with Crippen LogP contribution in [0.5, 0.6) is 0 Å². The second-order valence-corrected chi connectivity index (χ2v) is 17.8. The lowest BCUT2D eigenvalue weighted by Crippen LogP contribution is -2.30. The first-order chi connectivity index (χ1) is 31.0. The largest absolute Gasteiger partial charge is 0.462 e. The molecule has 63 heavy (non-hydrogen) atoms. The molecule has 0 aromatic carbocycles. The summed E-state index contributed by atoms with van der Waals surface area (Å²) in [5, 5.41) is 0. The molecule has 1 atom stereocenters. The van der Waals surface area contributed by atoms with Crippen molar-refractivity contribution in [3.05, 3.63) is 60.8 Å². The molecule has 0 saturated carbocycles. The number of ether oxygens (including phenoxy) is 3. The van der Waals surface area contributed by atoms with Crippen LogP contribution in [-0.4, -0.2) is 37.2 Å². The Morgan fingerprint density at radius 2 is 0.603 bits per heavy atom. The zero-order valence-electron chi connectivity index (χ0n) is 41.6. The van der Waals surface area contributed by atoms with E-state index < -0.39 is 6.10 Å². The highest BCUT2D eigenvalue weighted by Gasteiger charge is 2.19. The third-order valence-electron chi connectivity index (χ3n) is 11.4. The molecule has 0 aromatic heterocycles. The van der Waals surface area contributed by atoms with Crippen LogP contribution in [0.4, 0.5) is 0 Å². The maximum absolute atomic E-state index is 12.8. The lowest BCUT2D eigenvalue weighted by atomic mass is 10.1. The highest BCUT2D eigenvalue weighted by molar-refractivity contribution is 5.71. The van der Waals surface area contributed by atoms with Crippen molar-refractivity contribution in [3.63, 3.8) is 0 Å². The minimum Gasteiger partial charge on any atom is -0.462 e. The molecule has 0 N–H and O–H groups in total. The van der Waals surface area contributed by atoms with E-state index >= 15 is 0 Å². The molecule has 0 aromatic rings. The Bertz CT molecular complexity index is 1150.